The number of carbonyl (C=O) groups is 7. The number of anilines is 1. The summed E-state index contributed by atoms with van der Waals surface area (Å²) < 4.78 is 132. The Hall–Kier alpha value is -8.54. The zero-order valence-corrected chi connectivity index (χ0v) is 82.1. The number of aliphatic hydroxyl groups is 2. The number of ketones is 3. The highest BCUT2D eigenvalue weighted by molar-refractivity contribution is 7.91. The van der Waals surface area contributed by atoms with Gasteiger partial charge < -0.3 is 102 Å². The Kier molecular flexibility index (Phi) is 47.3. The van der Waals surface area contributed by atoms with Gasteiger partial charge in [-0.2, -0.15) is 0 Å². The Balaban J connectivity index is 0.578. The van der Waals surface area contributed by atoms with E-state index in [4.69, 9.17) is 76.8 Å². The van der Waals surface area contributed by atoms with Crippen molar-refractivity contribution in [2.24, 2.45) is 35.5 Å². The predicted octanol–water partition coefficient (Wildman–Crippen LogP) is 10.1. The molecule has 15 atom stereocenters. The second-order valence-corrected chi connectivity index (χ2v) is 38.2. The second kappa shape index (κ2) is 57.9. The van der Waals surface area contributed by atoms with Gasteiger partial charge >= 0.3 is 5.97 Å². The lowest BCUT2D eigenvalue weighted by molar-refractivity contribution is -0.265. The number of cyclic esters (lactones) is 1. The number of aryl methyl sites for hydroxylation is 1. The number of Topliss-reactive ketones (excluding diaryl/α,β-unsaturated/α-hetero) is 3. The number of esters is 1. The van der Waals surface area contributed by atoms with Crippen LogP contribution in [-0.2, 0) is 124 Å². The van der Waals surface area contributed by atoms with Crippen LogP contribution >= 0.6 is 0 Å². The third-order valence-corrected chi connectivity index (χ3v) is 27.5. The first-order chi connectivity index (χ1) is 65.4. The minimum atomic E-state index is -4.18. The largest absolute Gasteiger partial charge is 0.491 e. The molecule has 2 aromatic carbocycles. The number of benzene rings is 2. The Bertz CT molecular complexity index is 4670. The zero-order valence-electron chi connectivity index (χ0n) is 81.3. The lowest BCUT2D eigenvalue weighted by atomic mass is 9.78. The first kappa shape index (κ1) is 111. The number of rotatable bonds is 45. The van der Waals surface area contributed by atoms with Crippen LogP contribution in [0.25, 0.3) is 11.1 Å². The fourth-order valence-electron chi connectivity index (χ4n) is 17.6. The van der Waals surface area contributed by atoms with Crippen molar-refractivity contribution < 1.29 is 128 Å². The molecule has 34 nitrogen and oxygen atoms in total. The number of unbranched alkanes of at least 4 members (excludes halogenated alkanes) is 1. The van der Waals surface area contributed by atoms with Crippen LogP contribution in [0, 0.1) is 48.2 Å². The molecule has 756 valence electrons. The molecule has 6 heterocycles. The van der Waals surface area contributed by atoms with Gasteiger partial charge in [0, 0.05) is 114 Å². The van der Waals surface area contributed by atoms with E-state index >= 15 is 4.39 Å². The number of aromatic nitrogens is 4. The summed E-state index contributed by atoms with van der Waals surface area (Å²) in [6.45, 7) is 21.2. The highest BCUT2D eigenvalue weighted by atomic mass is 32.2. The van der Waals surface area contributed by atoms with Gasteiger partial charge in [0.1, 0.15) is 59.0 Å². The molecule has 4 aromatic rings. The summed E-state index contributed by atoms with van der Waals surface area (Å²) in [5, 5.41) is 35.0. The van der Waals surface area contributed by atoms with Crippen molar-refractivity contribution in [1.82, 2.24) is 35.1 Å². The van der Waals surface area contributed by atoms with Crippen molar-refractivity contribution in [1.29, 1.82) is 0 Å². The maximum absolute atomic E-state index is 15.8. The van der Waals surface area contributed by atoms with Gasteiger partial charge in [-0.1, -0.05) is 82.4 Å². The molecule has 1 saturated carbocycles. The van der Waals surface area contributed by atoms with E-state index in [0.717, 1.165) is 66.1 Å². The van der Waals surface area contributed by atoms with E-state index in [1.165, 1.54) is 29.9 Å². The smallest absolute Gasteiger partial charge is 0.329 e. The van der Waals surface area contributed by atoms with Gasteiger partial charge in [0.15, 0.2) is 15.6 Å². The fraction of sp³-hybridized carbons (Fsp3) is 0.660. The number of sulfone groups is 1. The van der Waals surface area contributed by atoms with Crippen molar-refractivity contribution in [2.45, 2.75) is 231 Å². The molecule has 0 radical (unpaired) electrons. The van der Waals surface area contributed by atoms with Gasteiger partial charge in [-0.3, -0.25) is 28.8 Å². The number of methoxy groups -OCH3 is 3. The van der Waals surface area contributed by atoms with Crippen molar-refractivity contribution in [3.63, 3.8) is 0 Å². The minimum absolute atomic E-state index is 0.0104. The summed E-state index contributed by atoms with van der Waals surface area (Å²) in [6, 6.07) is 10.4. The molecule has 3 fully saturated rings. The maximum Gasteiger partial charge on any atom is 0.329 e. The van der Waals surface area contributed by atoms with E-state index in [0.29, 0.717) is 168 Å². The van der Waals surface area contributed by atoms with Gasteiger partial charge in [-0.15, -0.1) is 5.10 Å². The van der Waals surface area contributed by atoms with Crippen LogP contribution in [0.3, 0.4) is 0 Å². The van der Waals surface area contributed by atoms with Crippen LogP contribution < -0.4 is 15.8 Å². The molecule has 0 spiro atoms. The molecule has 5 N–H and O–H groups in total. The number of nitrogens with zero attached hydrogens (tertiary/aromatic N) is 6. The molecule has 5 aliphatic rings. The predicted molar refractivity (Wildman–Crippen MR) is 504 cm³/mol. The molecule has 36 heteroatoms. The molecule has 4 aliphatic heterocycles. The van der Waals surface area contributed by atoms with Crippen LogP contribution in [-0.4, -0.2) is 310 Å². The van der Waals surface area contributed by atoms with Crippen molar-refractivity contribution in [3.05, 3.63) is 131 Å². The van der Waals surface area contributed by atoms with E-state index in [9.17, 15) is 52.2 Å². The van der Waals surface area contributed by atoms with Crippen LogP contribution in [0.2, 0.25) is 0 Å². The molecule has 2 bridgehead atoms. The Morgan fingerprint density at radius 1 is 0.721 bits per heavy atom. The highest BCUT2D eigenvalue weighted by Crippen LogP contribution is 2.40. The maximum atomic E-state index is 15.8. The second-order valence-electron chi connectivity index (χ2n) is 36.1. The van der Waals surface area contributed by atoms with Gasteiger partial charge in [-0.25, -0.2) is 27.3 Å². The normalized spacial score (nSPS) is 26.1. The van der Waals surface area contributed by atoms with Crippen molar-refractivity contribution in [3.8, 4) is 16.9 Å². The van der Waals surface area contributed by atoms with E-state index in [2.05, 4.69) is 20.6 Å². The van der Waals surface area contributed by atoms with Gasteiger partial charge in [0.2, 0.25) is 11.7 Å². The molecule has 136 heavy (non-hydrogen) atoms. The number of amides is 3. The van der Waals surface area contributed by atoms with Crippen molar-refractivity contribution >= 4 is 56.7 Å². The summed E-state index contributed by atoms with van der Waals surface area (Å²) in [5.41, 5.74) is 10.2. The van der Waals surface area contributed by atoms with E-state index in [-0.39, 0.29) is 125 Å². The number of pyridine rings is 1. The number of allylic oxidation sites excluding steroid dienone is 6. The molecule has 1 aliphatic carbocycles. The Labute approximate surface area is 800 Å². The van der Waals surface area contributed by atoms with E-state index < -0.39 is 116 Å². The number of piperidine rings is 1. The number of ether oxygens (including phenoxy) is 15. The number of halogens is 1. The number of hydrogen-bond acceptors (Lipinski definition) is 30. The molecule has 3 amide bonds. The Morgan fingerprint density at radius 2 is 1.39 bits per heavy atom. The number of carbonyl (C=O) groups excluding carboxylic acids is 7. The number of fused-ring (bicyclic) bond motifs is 4. The van der Waals surface area contributed by atoms with Gasteiger partial charge in [0.05, 0.1) is 155 Å². The minimum Gasteiger partial charge on any atom is -0.491 e. The lowest BCUT2D eigenvalue weighted by Crippen LogP contribution is -2.61. The van der Waals surface area contributed by atoms with Crippen LogP contribution in [0.5, 0.6) is 5.75 Å². The highest BCUT2D eigenvalue weighted by Gasteiger charge is 2.53. The number of hydrogen-bond donors (Lipinski definition) is 4. The molecule has 2 saturated heterocycles. The lowest BCUT2D eigenvalue weighted by Gasteiger charge is -2.42. The first-order valence-corrected chi connectivity index (χ1v) is 49.8. The van der Waals surface area contributed by atoms with Crippen LogP contribution in [0.15, 0.2) is 107 Å². The first-order valence-electron chi connectivity index (χ1n) is 48.1. The summed E-state index contributed by atoms with van der Waals surface area (Å²) >= 11 is 0. The van der Waals surface area contributed by atoms with E-state index in [1.54, 1.807) is 58.0 Å². The van der Waals surface area contributed by atoms with Gasteiger partial charge in [0.25, 0.3) is 17.6 Å². The fourth-order valence-corrected chi connectivity index (χ4v) is 18.9. The summed E-state index contributed by atoms with van der Waals surface area (Å²) in [4.78, 5) is 105. The van der Waals surface area contributed by atoms with Crippen LogP contribution in [0.1, 0.15) is 172 Å². The zero-order chi connectivity index (χ0) is 98.1. The number of nitrogens with one attached hydrogen (secondary N) is 1. The summed E-state index contributed by atoms with van der Waals surface area (Å²) in [6.07, 6.45) is 17.5. The number of nitrogens with two attached hydrogens (primary N) is 1. The quantitative estimate of drug-likeness (QED) is 0.0138. The third kappa shape index (κ3) is 34.8. The standard InChI is InChI=1S/C100H147FN8O26S/c1-67-19-13-12-14-20-68(2)86(121-9)62-80-27-23-73(7)100(118,135-80)96(114)98(116)109-35-17-15-22-82(109)99(117)134-87(63-83(110)69(3)58-72(6)94(113)95(123-11)93(112)71(5)57-67)70(4)59-75-24-29-85(88(60-75)122-10)132-38-18-16-21-79-66-108(106-105-79)37-40-125-43-45-127-47-49-129-51-53-131-55-54-130-52-50-128-48-46-126-44-42-124-39-33-91(111)103-34-56-136(119,120)89-31-28-81(74(8)92(89)101)97(115)107-36-41-133-84-30-25-76(61-78(84)65-107)77-26-32-90(102)104-64-77/h12-14,19-20,25-26,28,30-32,58,61,64,66-67,69-71,73,75,80,82,85-88,94-95,113,118H,15-18,21-24,27,29,33-57,59-60,62-63,65H2,1-11H3,(H2,102,104)(H,103,111)/b14-12+,19-13+,68-20+,72-58+/t67-,69-,70-,71-,73-,75+,80+,82+,85-,86+,87+,88-,94-,95+,100-/m1/s1. The molecular formula is C100H147FN8O26S. The monoisotopic (exact) mass is 1930 g/mol. The third-order valence-electron chi connectivity index (χ3n) is 25.8. The summed E-state index contributed by atoms with van der Waals surface area (Å²) in [7, 11) is 0.447. The number of aliphatic hydroxyl groups excluding tert-OH is 1. The average Bonchev–Trinajstić information content (AvgIpc) is 0.927. The Morgan fingerprint density at radius 3 is 2.04 bits per heavy atom. The molecular weight excluding hydrogens is 1780 g/mol. The SMILES string of the molecule is CO[C@H]1C[C@@H]2CC[C@@H](C)[C@@](O)(O2)C(=O)C(=O)N2CCCC[C@H]2C(=O)O[C@H]([C@H](C)C[C@@H]2CC[C@@H](OCCCCc3cn(CCOCCOCCOCCOCCOCCOCCOCCOCCC(=O)NCCS(=O)(=O)c4ccc(C(=O)N5CCOc6ccc(-c7ccc(N)nc7)cc6C5)c(C)c4F)nn3)[C@H](OC)C2)CC(=O)[C@H](C)/C=C(\C)[C@@H](O)[C@@H](OC)C(=O)[C@H](C)C[C@H](C)/C=C/C=C/C=C/1C. The average molecular weight is 1930 g/mol. The summed E-state index contributed by atoms with van der Waals surface area (Å²) in [5.74, 6) is -9.76. The number of nitrogen functional groups attached to an aromatic ring is 1. The van der Waals surface area contributed by atoms with Crippen molar-refractivity contribution in [2.75, 3.05) is 171 Å². The molecule has 9 rings (SSSR count). The van der Waals surface area contributed by atoms with Crippen LogP contribution in [0.4, 0.5) is 10.2 Å². The molecule has 0 unspecified atom stereocenters. The topological polar surface area (TPSA) is 421 Å². The molecule has 2 aromatic heterocycles. The van der Waals surface area contributed by atoms with E-state index in [1.807, 2.05) is 88.5 Å². The van der Waals surface area contributed by atoms with Gasteiger partial charge in [-0.05, 0) is 181 Å².